The van der Waals surface area contributed by atoms with Crippen LogP contribution < -0.4 is 15.8 Å². The van der Waals surface area contributed by atoms with Crippen LogP contribution >= 0.6 is 0 Å². The van der Waals surface area contributed by atoms with Crippen LogP contribution in [0.1, 0.15) is 5.56 Å². The molecule has 0 saturated carbocycles. The van der Waals surface area contributed by atoms with Crippen LogP contribution in [0.25, 0.3) is 11.0 Å². The van der Waals surface area contributed by atoms with Crippen molar-refractivity contribution in [3.63, 3.8) is 0 Å². The Morgan fingerprint density at radius 1 is 0.926 bits per heavy atom. The average molecular weight is 366 g/mol. The molecule has 7 heteroatoms. The lowest BCUT2D eigenvalue weighted by molar-refractivity contribution is 0.461. The smallest absolute Gasteiger partial charge is 0.201 e. The fourth-order valence-electron chi connectivity index (χ4n) is 2.65. The van der Waals surface area contributed by atoms with Gasteiger partial charge in [0.1, 0.15) is 11.5 Å². The fourth-order valence-corrected chi connectivity index (χ4v) is 2.65. The molecule has 3 aromatic carbocycles. The molecule has 0 amide bonds. The van der Waals surface area contributed by atoms with Crippen molar-refractivity contribution in [2.45, 2.75) is 6.54 Å². The summed E-state index contributed by atoms with van der Waals surface area (Å²) in [4.78, 5) is 7.61. The van der Waals surface area contributed by atoms with Gasteiger partial charge < -0.3 is 20.8 Å². The normalized spacial score (nSPS) is 10.9. The van der Waals surface area contributed by atoms with Crippen molar-refractivity contribution in [2.24, 2.45) is 0 Å². The number of hydrogen-bond donors (Lipinski definition) is 3. The summed E-state index contributed by atoms with van der Waals surface area (Å²) in [5.74, 6) is -0.430. The highest BCUT2D eigenvalue weighted by Gasteiger charge is 2.05. The first kappa shape index (κ1) is 16.8. The van der Waals surface area contributed by atoms with E-state index < -0.39 is 11.6 Å². The molecule has 136 valence electrons. The Bertz CT molecular complexity index is 1090. The number of nitrogen functional groups attached to an aromatic ring is 1. The maximum atomic E-state index is 13.2. The van der Waals surface area contributed by atoms with E-state index in [9.17, 15) is 8.78 Å². The number of hydrogen-bond acceptors (Lipinski definition) is 4. The zero-order valence-electron chi connectivity index (χ0n) is 14.2. The summed E-state index contributed by atoms with van der Waals surface area (Å²) in [5, 5.41) is 3.21. The first-order valence-electron chi connectivity index (χ1n) is 8.28. The number of aromatic nitrogens is 2. The van der Waals surface area contributed by atoms with E-state index in [4.69, 9.17) is 10.5 Å². The van der Waals surface area contributed by atoms with Crippen molar-refractivity contribution in [3.8, 4) is 11.5 Å². The van der Waals surface area contributed by atoms with Crippen LogP contribution in [0, 0.1) is 11.6 Å². The van der Waals surface area contributed by atoms with Gasteiger partial charge in [0.25, 0.3) is 0 Å². The zero-order valence-corrected chi connectivity index (χ0v) is 14.2. The molecule has 0 spiro atoms. The molecule has 0 atom stereocenters. The number of fused-ring (bicyclic) bond motifs is 1. The molecule has 1 heterocycles. The number of nitrogens with one attached hydrogen (secondary N) is 2. The van der Waals surface area contributed by atoms with Gasteiger partial charge in [-0.1, -0.05) is 12.1 Å². The summed E-state index contributed by atoms with van der Waals surface area (Å²) >= 11 is 0. The Balaban J connectivity index is 1.40. The van der Waals surface area contributed by atoms with E-state index in [0.29, 0.717) is 23.9 Å². The molecule has 1 aromatic heterocycles. The van der Waals surface area contributed by atoms with Crippen molar-refractivity contribution >= 4 is 22.7 Å². The van der Waals surface area contributed by atoms with Gasteiger partial charge in [-0.15, -0.1) is 0 Å². The molecule has 27 heavy (non-hydrogen) atoms. The van der Waals surface area contributed by atoms with Gasteiger partial charge in [0.15, 0.2) is 11.6 Å². The van der Waals surface area contributed by atoms with E-state index in [2.05, 4.69) is 15.3 Å². The number of nitrogens with zero attached hydrogens (tertiary/aromatic N) is 1. The van der Waals surface area contributed by atoms with Crippen molar-refractivity contribution in [1.82, 2.24) is 9.97 Å². The van der Waals surface area contributed by atoms with E-state index in [1.165, 1.54) is 6.07 Å². The summed E-state index contributed by atoms with van der Waals surface area (Å²) in [6.45, 7) is 0.556. The molecule has 0 aliphatic rings. The van der Waals surface area contributed by atoms with Crippen molar-refractivity contribution in [1.29, 1.82) is 0 Å². The Kier molecular flexibility index (Phi) is 4.33. The van der Waals surface area contributed by atoms with Crippen LogP contribution in [0.2, 0.25) is 0 Å². The summed E-state index contributed by atoms with van der Waals surface area (Å²) in [7, 11) is 0. The molecule has 0 radical (unpaired) electrons. The molecule has 0 fully saturated rings. The molecule has 0 saturated heterocycles. The molecule has 4 aromatic rings. The number of nitrogens with two attached hydrogens (primary N) is 1. The number of benzene rings is 3. The SMILES string of the molecule is Nc1ccc2nc(NCc3ccc(Oc4ccc(F)c(F)c4)cc3)[nH]c2c1. The largest absolute Gasteiger partial charge is 0.457 e. The fraction of sp³-hybridized carbons (Fsp3) is 0.0500. The molecular formula is C20H16F2N4O. The van der Waals surface area contributed by atoms with E-state index in [1.807, 2.05) is 24.3 Å². The molecule has 0 unspecified atom stereocenters. The Morgan fingerprint density at radius 2 is 1.70 bits per heavy atom. The minimum absolute atomic E-state index is 0.237. The second-order valence-corrected chi connectivity index (χ2v) is 6.04. The van der Waals surface area contributed by atoms with E-state index in [1.54, 1.807) is 18.2 Å². The zero-order chi connectivity index (χ0) is 18.8. The highest BCUT2D eigenvalue weighted by Crippen LogP contribution is 2.24. The maximum absolute atomic E-state index is 13.2. The second-order valence-electron chi connectivity index (χ2n) is 6.04. The second kappa shape index (κ2) is 6.95. The van der Waals surface area contributed by atoms with Crippen LogP contribution in [0.4, 0.5) is 20.4 Å². The van der Waals surface area contributed by atoms with Crippen molar-refractivity contribution in [2.75, 3.05) is 11.1 Å². The molecule has 0 aliphatic carbocycles. The average Bonchev–Trinajstić information content (AvgIpc) is 3.06. The number of halogens is 2. The molecule has 5 nitrogen and oxygen atoms in total. The molecule has 4 rings (SSSR count). The van der Waals surface area contributed by atoms with Crippen LogP contribution in [0.15, 0.2) is 60.7 Å². The summed E-state index contributed by atoms with van der Waals surface area (Å²) in [6.07, 6.45) is 0. The molecular weight excluding hydrogens is 350 g/mol. The number of H-pyrrole nitrogens is 1. The van der Waals surface area contributed by atoms with Gasteiger partial charge in [0.05, 0.1) is 11.0 Å². The van der Waals surface area contributed by atoms with Gasteiger partial charge in [-0.25, -0.2) is 13.8 Å². The number of ether oxygens (including phenoxy) is 1. The third kappa shape index (κ3) is 3.82. The van der Waals surface area contributed by atoms with Crippen LogP contribution in [0.3, 0.4) is 0 Å². The standard InChI is InChI=1S/C20H16F2N4O/c21-16-7-6-15(10-17(16)22)27-14-4-1-12(2-5-14)11-24-20-25-18-8-3-13(23)9-19(18)26-20/h1-10H,11,23H2,(H2,24,25,26). The summed E-state index contributed by atoms with van der Waals surface area (Å²) in [6, 6.07) is 16.2. The Hall–Kier alpha value is -3.61. The number of anilines is 2. The predicted molar refractivity (Wildman–Crippen MR) is 101 cm³/mol. The van der Waals surface area contributed by atoms with Gasteiger partial charge >= 0.3 is 0 Å². The first-order valence-corrected chi connectivity index (χ1v) is 8.28. The summed E-state index contributed by atoms with van der Waals surface area (Å²) < 4.78 is 31.7. The van der Waals surface area contributed by atoms with E-state index in [0.717, 1.165) is 28.7 Å². The monoisotopic (exact) mass is 366 g/mol. The van der Waals surface area contributed by atoms with Crippen LogP contribution in [-0.2, 0) is 6.54 Å². The van der Waals surface area contributed by atoms with Crippen LogP contribution in [0.5, 0.6) is 11.5 Å². The van der Waals surface area contributed by atoms with E-state index in [-0.39, 0.29) is 5.75 Å². The van der Waals surface area contributed by atoms with Crippen molar-refractivity contribution < 1.29 is 13.5 Å². The topological polar surface area (TPSA) is 76.0 Å². The first-order chi connectivity index (χ1) is 13.1. The highest BCUT2D eigenvalue weighted by molar-refractivity contribution is 5.80. The van der Waals surface area contributed by atoms with Gasteiger partial charge in [-0.3, -0.25) is 0 Å². The number of aromatic amines is 1. The summed E-state index contributed by atoms with van der Waals surface area (Å²) in [5.41, 5.74) is 9.15. The quantitative estimate of drug-likeness (QED) is 0.442. The number of rotatable bonds is 5. The minimum atomic E-state index is -0.944. The third-order valence-corrected chi connectivity index (χ3v) is 4.02. The highest BCUT2D eigenvalue weighted by atomic mass is 19.2. The van der Waals surface area contributed by atoms with Crippen molar-refractivity contribution in [3.05, 3.63) is 77.9 Å². The third-order valence-electron chi connectivity index (χ3n) is 4.02. The minimum Gasteiger partial charge on any atom is -0.457 e. The van der Waals surface area contributed by atoms with Gasteiger partial charge in [-0.2, -0.15) is 0 Å². The van der Waals surface area contributed by atoms with Gasteiger partial charge in [-0.05, 0) is 48.0 Å². The Labute approximate surface area is 153 Å². The number of imidazole rings is 1. The molecule has 0 bridgehead atoms. The Morgan fingerprint density at radius 3 is 2.48 bits per heavy atom. The maximum Gasteiger partial charge on any atom is 0.201 e. The van der Waals surface area contributed by atoms with Gasteiger partial charge in [0, 0.05) is 18.3 Å². The molecule has 0 aliphatic heterocycles. The lowest BCUT2D eigenvalue weighted by atomic mass is 10.2. The molecule has 4 N–H and O–H groups in total. The lowest BCUT2D eigenvalue weighted by Gasteiger charge is -2.08. The van der Waals surface area contributed by atoms with Crippen LogP contribution in [-0.4, -0.2) is 9.97 Å². The lowest BCUT2D eigenvalue weighted by Crippen LogP contribution is -2.00. The van der Waals surface area contributed by atoms with Gasteiger partial charge in [0.2, 0.25) is 5.95 Å². The van der Waals surface area contributed by atoms with E-state index >= 15 is 0 Å². The predicted octanol–water partition coefficient (Wildman–Crippen LogP) is 4.83.